The molecule has 0 saturated carbocycles. The third kappa shape index (κ3) is 6.15. The second kappa shape index (κ2) is 7.69. The summed E-state index contributed by atoms with van der Waals surface area (Å²) >= 11 is 0. The minimum absolute atomic E-state index is 0.0821. The van der Waals surface area contributed by atoms with Crippen molar-refractivity contribution in [3.05, 3.63) is 40.8 Å². The van der Waals surface area contributed by atoms with Crippen molar-refractivity contribution in [1.82, 2.24) is 5.43 Å². The van der Waals surface area contributed by atoms with Crippen molar-refractivity contribution in [2.75, 3.05) is 12.0 Å². The lowest BCUT2D eigenvalue weighted by atomic mass is 10.00. The monoisotopic (exact) mass is 261 g/mol. The Balaban J connectivity index is 2.50. The van der Waals surface area contributed by atoms with E-state index in [1.807, 2.05) is 25.1 Å². The van der Waals surface area contributed by atoms with Crippen molar-refractivity contribution in [3.63, 3.8) is 0 Å². The van der Waals surface area contributed by atoms with Crippen LogP contribution in [0.5, 0.6) is 0 Å². The molecule has 4 nitrogen and oxygen atoms in total. The number of hydrogen-bond donors (Lipinski definition) is 2. The highest BCUT2D eigenvalue weighted by Gasteiger charge is 2.16. The van der Waals surface area contributed by atoms with Gasteiger partial charge in [0.05, 0.1) is 6.54 Å². The summed E-state index contributed by atoms with van der Waals surface area (Å²) in [5, 5.41) is 2.88. The number of nitrogens with zero attached hydrogens (tertiary/aromatic N) is 1. The van der Waals surface area contributed by atoms with Crippen LogP contribution in [-0.2, 0) is 0 Å². The van der Waals surface area contributed by atoms with Crippen molar-refractivity contribution in [3.8, 4) is 0 Å². The summed E-state index contributed by atoms with van der Waals surface area (Å²) in [5.74, 6) is 0. The molecule has 0 saturated heterocycles. The van der Waals surface area contributed by atoms with E-state index in [4.69, 9.17) is 0 Å². The van der Waals surface area contributed by atoms with Crippen LogP contribution in [0.25, 0.3) is 6.08 Å². The average Bonchev–Trinajstić information content (AvgIpc) is 2.38. The highest BCUT2D eigenvalue weighted by molar-refractivity contribution is 5.56. The number of anilines is 1. The van der Waals surface area contributed by atoms with E-state index in [1.54, 1.807) is 0 Å². The molecule has 0 heterocycles. The van der Waals surface area contributed by atoms with Crippen LogP contribution in [0, 0.1) is 4.91 Å². The Morgan fingerprint density at radius 2 is 2.16 bits per heavy atom. The van der Waals surface area contributed by atoms with Gasteiger partial charge in [-0.3, -0.25) is 0 Å². The molecule has 0 unspecified atom stereocenters. The van der Waals surface area contributed by atoms with E-state index in [1.165, 1.54) is 0 Å². The van der Waals surface area contributed by atoms with Gasteiger partial charge in [-0.15, -0.1) is 0 Å². The lowest BCUT2D eigenvalue weighted by molar-refractivity contribution is 0.382. The van der Waals surface area contributed by atoms with Crippen LogP contribution in [0.3, 0.4) is 0 Å². The number of rotatable bonds is 8. The topological polar surface area (TPSA) is 53.5 Å². The number of benzene rings is 1. The van der Waals surface area contributed by atoms with Crippen LogP contribution in [0.1, 0.15) is 39.2 Å². The molecule has 0 aliphatic heterocycles. The van der Waals surface area contributed by atoms with E-state index >= 15 is 0 Å². The summed E-state index contributed by atoms with van der Waals surface area (Å²) in [6.45, 7) is 6.58. The third-order valence-corrected chi connectivity index (χ3v) is 2.84. The van der Waals surface area contributed by atoms with Crippen molar-refractivity contribution in [2.45, 2.75) is 39.2 Å². The van der Waals surface area contributed by atoms with Gasteiger partial charge in [0.2, 0.25) is 0 Å². The molecule has 1 aromatic rings. The maximum Gasteiger partial charge on any atom is 0.0811 e. The average molecular weight is 261 g/mol. The highest BCUT2D eigenvalue weighted by atomic mass is 16.3. The Kier molecular flexibility index (Phi) is 6.22. The Labute approximate surface area is 115 Å². The van der Waals surface area contributed by atoms with Gasteiger partial charge in [-0.2, -0.15) is 4.91 Å². The van der Waals surface area contributed by atoms with Crippen LogP contribution in [0.4, 0.5) is 5.69 Å². The first kappa shape index (κ1) is 15.4. The Morgan fingerprint density at radius 3 is 2.84 bits per heavy atom. The molecule has 0 fully saturated rings. The fourth-order valence-electron chi connectivity index (χ4n) is 1.80. The van der Waals surface area contributed by atoms with Crippen molar-refractivity contribution in [2.24, 2.45) is 5.18 Å². The minimum atomic E-state index is -0.0821. The van der Waals surface area contributed by atoms with Gasteiger partial charge in [-0.1, -0.05) is 29.5 Å². The predicted octanol–water partition coefficient (Wildman–Crippen LogP) is 3.96. The van der Waals surface area contributed by atoms with Crippen LogP contribution >= 0.6 is 0 Å². The van der Waals surface area contributed by atoms with Crippen LogP contribution in [0.2, 0.25) is 0 Å². The summed E-state index contributed by atoms with van der Waals surface area (Å²) in [5.41, 5.74) is 8.61. The Hall–Kier alpha value is -1.68. The van der Waals surface area contributed by atoms with Gasteiger partial charge in [0.15, 0.2) is 0 Å². The number of nitrogens with one attached hydrogen (secondary N) is 2. The van der Waals surface area contributed by atoms with Gasteiger partial charge in [0.25, 0.3) is 0 Å². The third-order valence-electron chi connectivity index (χ3n) is 2.84. The molecule has 0 spiro atoms. The first-order chi connectivity index (χ1) is 9.07. The molecule has 0 amide bonds. The lowest BCUT2D eigenvalue weighted by Gasteiger charge is -2.27. The smallest absolute Gasteiger partial charge is 0.0811 e. The van der Waals surface area contributed by atoms with Gasteiger partial charge < -0.3 is 5.43 Å². The standard InChI is InChI=1S/C15H23N3O/c1-4-7-13-8-5-9-14(12-13)17-18-15(2,3)10-6-11-16-19/h4-5,7-9,12,17-18H,6,10-11H2,1-3H3/b7-4-. The van der Waals surface area contributed by atoms with E-state index in [2.05, 4.69) is 48.1 Å². The number of hydrogen-bond acceptors (Lipinski definition) is 4. The first-order valence-electron chi connectivity index (χ1n) is 6.62. The number of allylic oxidation sites excluding steroid dienone is 1. The van der Waals surface area contributed by atoms with Crippen molar-refractivity contribution in [1.29, 1.82) is 0 Å². The van der Waals surface area contributed by atoms with Gasteiger partial charge in [-0.05, 0) is 51.3 Å². The molecule has 104 valence electrons. The van der Waals surface area contributed by atoms with E-state index in [0.717, 1.165) is 24.1 Å². The highest BCUT2D eigenvalue weighted by Crippen LogP contribution is 2.14. The predicted molar refractivity (Wildman–Crippen MR) is 81.9 cm³/mol. The van der Waals surface area contributed by atoms with Crippen molar-refractivity contribution >= 4 is 11.8 Å². The van der Waals surface area contributed by atoms with E-state index in [9.17, 15) is 4.91 Å². The zero-order valence-corrected chi connectivity index (χ0v) is 11.9. The Bertz CT molecular complexity index is 427. The summed E-state index contributed by atoms with van der Waals surface area (Å²) < 4.78 is 0. The zero-order chi connectivity index (χ0) is 14.1. The molecule has 1 aromatic carbocycles. The van der Waals surface area contributed by atoms with E-state index in [0.29, 0.717) is 6.54 Å². The quantitative estimate of drug-likeness (QED) is 0.423. The second-order valence-electron chi connectivity index (χ2n) is 5.22. The van der Waals surface area contributed by atoms with Crippen LogP contribution < -0.4 is 10.9 Å². The second-order valence-corrected chi connectivity index (χ2v) is 5.22. The molecule has 4 heteroatoms. The molecule has 0 aliphatic carbocycles. The van der Waals surface area contributed by atoms with Gasteiger partial charge in [-0.25, -0.2) is 5.43 Å². The largest absolute Gasteiger partial charge is 0.321 e. The first-order valence-corrected chi connectivity index (χ1v) is 6.62. The fraction of sp³-hybridized carbons (Fsp3) is 0.467. The zero-order valence-electron chi connectivity index (χ0n) is 11.9. The molecule has 0 atom stereocenters. The lowest BCUT2D eigenvalue weighted by Crippen LogP contribution is -2.43. The number of hydrazine groups is 1. The molecular weight excluding hydrogens is 238 g/mol. The molecule has 2 N–H and O–H groups in total. The molecule has 0 aliphatic rings. The maximum atomic E-state index is 10.1. The van der Waals surface area contributed by atoms with E-state index in [-0.39, 0.29) is 5.54 Å². The maximum absolute atomic E-state index is 10.1. The minimum Gasteiger partial charge on any atom is -0.321 e. The molecular formula is C15H23N3O. The summed E-state index contributed by atoms with van der Waals surface area (Å²) in [6, 6.07) is 8.17. The van der Waals surface area contributed by atoms with Gasteiger partial charge >= 0.3 is 0 Å². The van der Waals surface area contributed by atoms with Gasteiger partial charge in [0, 0.05) is 11.2 Å². The number of nitroso groups, excluding NO2 is 1. The molecule has 0 aromatic heterocycles. The van der Waals surface area contributed by atoms with Crippen LogP contribution in [-0.4, -0.2) is 12.1 Å². The SMILES string of the molecule is C/C=C\c1cccc(NNC(C)(C)CCCN=O)c1. The molecule has 19 heavy (non-hydrogen) atoms. The van der Waals surface area contributed by atoms with E-state index < -0.39 is 0 Å². The summed E-state index contributed by atoms with van der Waals surface area (Å²) in [4.78, 5) is 10.1. The van der Waals surface area contributed by atoms with Gasteiger partial charge in [0.1, 0.15) is 0 Å². The fourth-order valence-corrected chi connectivity index (χ4v) is 1.80. The van der Waals surface area contributed by atoms with Crippen molar-refractivity contribution < 1.29 is 0 Å². The normalized spacial score (nSPS) is 11.7. The Morgan fingerprint density at radius 1 is 1.37 bits per heavy atom. The molecule has 1 rings (SSSR count). The summed E-state index contributed by atoms with van der Waals surface area (Å²) in [7, 11) is 0. The molecule has 0 bridgehead atoms. The molecule has 0 radical (unpaired) electrons. The summed E-state index contributed by atoms with van der Waals surface area (Å²) in [6.07, 6.45) is 5.76. The van der Waals surface area contributed by atoms with Crippen LogP contribution in [0.15, 0.2) is 35.5 Å².